The lowest BCUT2D eigenvalue weighted by Crippen LogP contribution is -2.48. The number of nitriles is 1. The number of rotatable bonds is 4. The minimum atomic E-state index is -1.18. The number of H-pyrrole nitrogens is 1. The maximum Gasteiger partial charge on any atom is 0.252 e. The van der Waals surface area contributed by atoms with Crippen LogP contribution in [-0.4, -0.2) is 46.2 Å². The molecule has 1 aliphatic heterocycles. The summed E-state index contributed by atoms with van der Waals surface area (Å²) in [5, 5.41) is 13.4. The number of halogens is 1. The van der Waals surface area contributed by atoms with Crippen LogP contribution in [0.5, 0.6) is 0 Å². The van der Waals surface area contributed by atoms with Gasteiger partial charge in [-0.15, -0.1) is 0 Å². The van der Waals surface area contributed by atoms with Crippen LogP contribution in [0.25, 0.3) is 11.0 Å². The lowest BCUT2D eigenvalue weighted by Gasteiger charge is -2.35. The lowest BCUT2D eigenvalue weighted by molar-refractivity contribution is 0.100. The summed E-state index contributed by atoms with van der Waals surface area (Å²) in [4.78, 5) is 25.4. The van der Waals surface area contributed by atoms with Gasteiger partial charge in [0, 0.05) is 24.3 Å². The number of fused-ring (bicyclic) bond motifs is 1. The molecule has 2 atom stereocenters. The molecular weight excluding hydrogens is 369 g/mol. The van der Waals surface area contributed by atoms with E-state index in [1.807, 2.05) is 11.0 Å². The third-order valence-corrected chi connectivity index (χ3v) is 5.56. The summed E-state index contributed by atoms with van der Waals surface area (Å²) >= 11 is 1.25. The smallest absolute Gasteiger partial charge is 0.252 e. The molecule has 4 heterocycles. The molecule has 27 heavy (non-hydrogen) atoms. The number of nitrogens with one attached hydrogen (secondary N) is 2. The van der Waals surface area contributed by atoms with E-state index in [9.17, 15) is 9.18 Å². The first-order valence-electron chi connectivity index (χ1n) is 8.34. The van der Waals surface area contributed by atoms with Crippen molar-refractivity contribution in [3.05, 3.63) is 35.1 Å². The summed E-state index contributed by atoms with van der Waals surface area (Å²) < 4.78 is 14.9. The molecule has 4 N–H and O–H groups in total. The van der Waals surface area contributed by atoms with E-state index in [0.717, 1.165) is 0 Å². The fourth-order valence-corrected chi connectivity index (χ4v) is 3.99. The number of nitrogens with two attached hydrogens (primary N) is 1. The molecule has 0 spiro atoms. The minimum Gasteiger partial charge on any atom is -0.378 e. The monoisotopic (exact) mass is 385 g/mol. The maximum atomic E-state index is 14.9. The zero-order chi connectivity index (χ0) is 19.0. The Balaban J connectivity index is 1.55. The molecule has 138 valence electrons. The number of alkyl halides is 1. The van der Waals surface area contributed by atoms with Crippen molar-refractivity contribution in [2.75, 3.05) is 23.3 Å². The molecule has 0 aliphatic carbocycles. The number of nitrogens with zero attached hydrogens (tertiary/aromatic N) is 4. The van der Waals surface area contributed by atoms with Crippen molar-refractivity contribution in [3.63, 3.8) is 0 Å². The van der Waals surface area contributed by atoms with Gasteiger partial charge in [-0.25, -0.2) is 14.4 Å². The van der Waals surface area contributed by atoms with Gasteiger partial charge in [0.25, 0.3) is 5.91 Å². The Morgan fingerprint density at radius 1 is 1.48 bits per heavy atom. The lowest BCUT2D eigenvalue weighted by atomic mass is 10.0. The van der Waals surface area contributed by atoms with E-state index in [1.54, 1.807) is 12.3 Å². The van der Waals surface area contributed by atoms with Gasteiger partial charge in [-0.1, -0.05) is 11.3 Å². The second kappa shape index (κ2) is 6.85. The average Bonchev–Trinajstić information content (AvgIpc) is 3.32. The van der Waals surface area contributed by atoms with E-state index in [1.165, 1.54) is 23.7 Å². The summed E-state index contributed by atoms with van der Waals surface area (Å²) in [5.41, 5.74) is 6.79. The molecule has 0 radical (unpaired) electrons. The van der Waals surface area contributed by atoms with Crippen LogP contribution >= 0.6 is 11.3 Å². The van der Waals surface area contributed by atoms with Gasteiger partial charge >= 0.3 is 0 Å². The molecule has 0 bridgehead atoms. The highest BCUT2D eigenvalue weighted by Crippen LogP contribution is 2.30. The molecule has 4 rings (SSSR count). The molecule has 1 amide bonds. The Bertz CT molecular complexity index is 1040. The number of thiazole rings is 1. The van der Waals surface area contributed by atoms with Crippen molar-refractivity contribution < 1.29 is 9.18 Å². The molecule has 0 aromatic carbocycles. The summed E-state index contributed by atoms with van der Waals surface area (Å²) in [5.74, 6) is -0.618. The Labute approximate surface area is 157 Å². The summed E-state index contributed by atoms with van der Waals surface area (Å²) in [6.07, 6.45) is 3.92. The van der Waals surface area contributed by atoms with Crippen molar-refractivity contribution in [1.82, 2.24) is 15.0 Å². The molecule has 0 saturated carbocycles. The quantitative estimate of drug-likeness (QED) is 0.631. The predicted octanol–water partition coefficient (Wildman–Crippen LogP) is 2.02. The maximum absolute atomic E-state index is 14.9. The molecule has 0 unspecified atom stereocenters. The van der Waals surface area contributed by atoms with Crippen LogP contribution in [0, 0.1) is 11.3 Å². The highest BCUT2D eigenvalue weighted by molar-refractivity contribution is 7.16. The SMILES string of the molecule is N#Cc1cnc(N2CC[C@H](Nc3c(C(N)=O)cnc4[nH]ccc34)[C@H](F)C2)s1. The van der Waals surface area contributed by atoms with Crippen molar-refractivity contribution in [2.45, 2.75) is 18.6 Å². The second-order valence-electron chi connectivity index (χ2n) is 6.27. The van der Waals surface area contributed by atoms with Crippen molar-refractivity contribution >= 4 is 39.1 Å². The van der Waals surface area contributed by atoms with E-state index in [2.05, 4.69) is 20.3 Å². The molecule has 10 heteroatoms. The van der Waals surface area contributed by atoms with Gasteiger partial charge in [0.05, 0.1) is 30.0 Å². The number of carbonyl (C=O) groups is 1. The Kier molecular flexibility index (Phi) is 4.37. The van der Waals surface area contributed by atoms with Crippen LogP contribution < -0.4 is 16.0 Å². The number of amides is 1. The third kappa shape index (κ3) is 3.17. The number of hydrogen-bond acceptors (Lipinski definition) is 7. The zero-order valence-electron chi connectivity index (χ0n) is 14.1. The molecule has 1 aliphatic rings. The number of pyridine rings is 1. The van der Waals surface area contributed by atoms with Gasteiger partial charge in [0.2, 0.25) is 0 Å². The first-order chi connectivity index (χ1) is 13.1. The highest BCUT2D eigenvalue weighted by Gasteiger charge is 2.31. The number of carbonyl (C=O) groups excluding carboxylic acids is 1. The topological polar surface area (TPSA) is 124 Å². The summed E-state index contributed by atoms with van der Waals surface area (Å²) in [6, 6.07) is 3.34. The van der Waals surface area contributed by atoms with Gasteiger partial charge in [-0.2, -0.15) is 5.26 Å². The fraction of sp³-hybridized carbons (Fsp3) is 0.294. The van der Waals surface area contributed by atoms with E-state index in [-0.39, 0.29) is 12.1 Å². The van der Waals surface area contributed by atoms with Gasteiger partial charge in [0.1, 0.15) is 22.8 Å². The molecule has 3 aromatic rings. The van der Waals surface area contributed by atoms with Gasteiger partial charge in [0.15, 0.2) is 5.13 Å². The minimum absolute atomic E-state index is 0.156. The van der Waals surface area contributed by atoms with E-state index in [0.29, 0.717) is 39.7 Å². The molecule has 3 aromatic heterocycles. The number of primary amides is 1. The van der Waals surface area contributed by atoms with Crippen LogP contribution in [0.15, 0.2) is 24.7 Å². The second-order valence-corrected chi connectivity index (χ2v) is 7.28. The normalized spacial score (nSPS) is 19.8. The van der Waals surface area contributed by atoms with Crippen molar-refractivity contribution in [3.8, 4) is 6.07 Å². The fourth-order valence-electron chi connectivity index (χ4n) is 3.24. The largest absolute Gasteiger partial charge is 0.378 e. The van der Waals surface area contributed by atoms with E-state index in [4.69, 9.17) is 11.0 Å². The molecule has 1 saturated heterocycles. The first kappa shape index (κ1) is 17.2. The zero-order valence-corrected chi connectivity index (χ0v) is 15.0. The Morgan fingerprint density at radius 3 is 3.04 bits per heavy atom. The van der Waals surface area contributed by atoms with Gasteiger partial charge < -0.3 is 20.9 Å². The molecule has 8 nitrogen and oxygen atoms in total. The van der Waals surface area contributed by atoms with Crippen LogP contribution in [-0.2, 0) is 0 Å². The van der Waals surface area contributed by atoms with Crippen LogP contribution in [0.4, 0.5) is 15.2 Å². The standard InChI is InChI=1S/C17H16FN7OS/c18-12-8-25(17-23-6-9(5-19)27-17)4-2-13(12)24-14-10-1-3-21-16(10)22-7-11(14)15(20)26/h1,3,6-7,12-13H,2,4,8H2,(H2,20,26)(H2,21,22,24)/t12-,13+/m1/s1. The van der Waals surface area contributed by atoms with Crippen molar-refractivity contribution in [2.24, 2.45) is 5.73 Å². The van der Waals surface area contributed by atoms with Gasteiger partial charge in [-0.05, 0) is 12.5 Å². The summed E-state index contributed by atoms with van der Waals surface area (Å²) in [7, 11) is 0. The Morgan fingerprint density at radius 2 is 2.33 bits per heavy atom. The molecule has 1 fully saturated rings. The number of aromatic nitrogens is 3. The van der Waals surface area contributed by atoms with Gasteiger partial charge in [-0.3, -0.25) is 4.79 Å². The average molecular weight is 385 g/mol. The van der Waals surface area contributed by atoms with Crippen LogP contribution in [0.1, 0.15) is 21.7 Å². The van der Waals surface area contributed by atoms with E-state index < -0.39 is 18.1 Å². The number of hydrogen-bond donors (Lipinski definition) is 3. The third-order valence-electron chi connectivity index (χ3n) is 4.60. The number of anilines is 2. The summed E-state index contributed by atoms with van der Waals surface area (Å²) in [6.45, 7) is 0.743. The van der Waals surface area contributed by atoms with Crippen LogP contribution in [0.3, 0.4) is 0 Å². The molecular formula is C17H16FN7OS. The number of aromatic amines is 1. The van der Waals surface area contributed by atoms with Crippen molar-refractivity contribution in [1.29, 1.82) is 5.26 Å². The predicted molar refractivity (Wildman–Crippen MR) is 101 cm³/mol. The Hall–Kier alpha value is -3.19. The first-order valence-corrected chi connectivity index (χ1v) is 9.16. The highest BCUT2D eigenvalue weighted by atomic mass is 32.1. The van der Waals surface area contributed by atoms with E-state index >= 15 is 0 Å². The number of piperidine rings is 1. The van der Waals surface area contributed by atoms with Crippen LogP contribution in [0.2, 0.25) is 0 Å².